The highest BCUT2D eigenvalue weighted by Crippen LogP contribution is 2.46. The number of aromatic nitrogens is 2. The molecule has 0 atom stereocenters. The van der Waals surface area contributed by atoms with Gasteiger partial charge in [-0.15, -0.1) is 0 Å². The number of fused-ring (bicyclic) bond motifs is 4. The van der Waals surface area contributed by atoms with Crippen LogP contribution in [0, 0.1) is 5.82 Å². The molecule has 5 heteroatoms. The van der Waals surface area contributed by atoms with Gasteiger partial charge in [-0.05, 0) is 100 Å². The summed E-state index contributed by atoms with van der Waals surface area (Å²) in [4.78, 5) is 5.31. The molecule has 1 aliphatic heterocycles. The standard InChI is InChI=1S/C39H37FN2OSi/c1-24(2)32-21-27(26-13-8-7-9-14-26)22-33(25(3)4)37(32)42-35-18-11-10-17-34(35)41-39(42)31-16-12-15-30-29-20-19-28(40)23-36(29)44(5,6)43-38(30)31/h7-25H,1-6H3. The Labute approximate surface area is 260 Å². The molecule has 1 aliphatic rings. The van der Waals surface area contributed by atoms with Crippen molar-refractivity contribution in [3.8, 4) is 45.1 Å². The van der Waals surface area contributed by atoms with E-state index in [1.807, 2.05) is 12.1 Å². The number of rotatable bonds is 5. The molecule has 5 aromatic carbocycles. The van der Waals surface area contributed by atoms with Gasteiger partial charge in [-0.25, -0.2) is 9.37 Å². The van der Waals surface area contributed by atoms with Crippen LogP contribution in [0.1, 0.15) is 50.7 Å². The summed E-state index contributed by atoms with van der Waals surface area (Å²) in [6.07, 6.45) is 0. The Kier molecular flexibility index (Phi) is 6.82. The molecule has 7 rings (SSSR count). The van der Waals surface area contributed by atoms with Crippen LogP contribution >= 0.6 is 0 Å². The van der Waals surface area contributed by atoms with Crippen LogP contribution in [0.3, 0.4) is 0 Å². The first-order valence-corrected chi connectivity index (χ1v) is 18.4. The normalized spacial score (nSPS) is 13.7. The minimum absolute atomic E-state index is 0.226. The number of halogens is 1. The Bertz CT molecular complexity index is 2010. The maximum absolute atomic E-state index is 14.4. The van der Waals surface area contributed by atoms with Crippen LogP contribution in [0.4, 0.5) is 4.39 Å². The summed E-state index contributed by atoms with van der Waals surface area (Å²) in [6.45, 7) is 13.4. The average Bonchev–Trinajstić information content (AvgIpc) is 3.39. The fourth-order valence-electron chi connectivity index (χ4n) is 6.64. The number of para-hydroxylation sites is 3. The lowest BCUT2D eigenvalue weighted by atomic mass is 9.88. The minimum Gasteiger partial charge on any atom is -0.539 e. The van der Waals surface area contributed by atoms with Crippen molar-refractivity contribution in [1.29, 1.82) is 0 Å². The lowest BCUT2D eigenvalue weighted by molar-refractivity contribution is 0.562. The second-order valence-electron chi connectivity index (χ2n) is 12.9. The van der Waals surface area contributed by atoms with E-state index in [-0.39, 0.29) is 17.7 Å². The monoisotopic (exact) mass is 596 g/mol. The molecule has 6 aromatic rings. The van der Waals surface area contributed by atoms with Gasteiger partial charge in [0.15, 0.2) is 0 Å². The molecule has 0 saturated heterocycles. The van der Waals surface area contributed by atoms with Crippen LogP contribution in [0.25, 0.3) is 50.4 Å². The predicted octanol–water partition coefficient (Wildman–Crippen LogP) is 10.2. The Morgan fingerprint density at radius 2 is 1.34 bits per heavy atom. The van der Waals surface area contributed by atoms with Crippen molar-refractivity contribution < 1.29 is 8.82 Å². The Morgan fingerprint density at radius 3 is 2.05 bits per heavy atom. The first kappa shape index (κ1) is 28.3. The Balaban J connectivity index is 1.56. The van der Waals surface area contributed by atoms with E-state index < -0.39 is 8.32 Å². The van der Waals surface area contributed by atoms with E-state index in [1.54, 1.807) is 12.1 Å². The topological polar surface area (TPSA) is 27.1 Å². The number of hydrogen-bond acceptors (Lipinski definition) is 2. The largest absolute Gasteiger partial charge is 0.539 e. The molecule has 1 aromatic heterocycles. The lowest BCUT2D eigenvalue weighted by Gasteiger charge is -2.34. The van der Waals surface area contributed by atoms with Crippen LogP contribution in [-0.2, 0) is 0 Å². The first-order chi connectivity index (χ1) is 21.1. The van der Waals surface area contributed by atoms with Gasteiger partial charge in [-0.2, -0.15) is 0 Å². The van der Waals surface area contributed by atoms with Crippen molar-refractivity contribution in [3.05, 3.63) is 120 Å². The molecule has 2 heterocycles. The highest BCUT2D eigenvalue weighted by Gasteiger charge is 2.38. The van der Waals surface area contributed by atoms with Gasteiger partial charge in [0.2, 0.25) is 0 Å². The molecular weight excluding hydrogens is 560 g/mol. The molecule has 0 unspecified atom stereocenters. The molecule has 0 N–H and O–H groups in total. The van der Waals surface area contributed by atoms with E-state index in [0.717, 1.165) is 44.5 Å². The molecule has 0 saturated carbocycles. The fourth-order valence-corrected chi connectivity index (χ4v) is 8.84. The van der Waals surface area contributed by atoms with Crippen molar-refractivity contribution in [3.63, 3.8) is 0 Å². The van der Waals surface area contributed by atoms with Crippen molar-refractivity contribution in [2.45, 2.75) is 52.6 Å². The predicted molar refractivity (Wildman–Crippen MR) is 183 cm³/mol. The molecule has 220 valence electrons. The van der Waals surface area contributed by atoms with Crippen LogP contribution < -0.4 is 9.61 Å². The maximum Gasteiger partial charge on any atom is 0.277 e. The van der Waals surface area contributed by atoms with Gasteiger partial charge >= 0.3 is 0 Å². The van der Waals surface area contributed by atoms with E-state index in [4.69, 9.17) is 9.41 Å². The third-order valence-corrected chi connectivity index (χ3v) is 11.3. The van der Waals surface area contributed by atoms with Gasteiger partial charge in [-0.1, -0.05) is 88.4 Å². The Morgan fingerprint density at radius 1 is 0.682 bits per heavy atom. The van der Waals surface area contributed by atoms with Gasteiger partial charge in [0, 0.05) is 5.56 Å². The first-order valence-electron chi connectivity index (χ1n) is 15.5. The van der Waals surface area contributed by atoms with Gasteiger partial charge < -0.3 is 4.43 Å². The summed E-state index contributed by atoms with van der Waals surface area (Å²) in [5.41, 5.74) is 11.2. The quantitative estimate of drug-likeness (QED) is 0.185. The summed E-state index contributed by atoms with van der Waals surface area (Å²) in [5.74, 6) is 2.01. The van der Waals surface area contributed by atoms with Crippen molar-refractivity contribution in [1.82, 2.24) is 9.55 Å². The summed E-state index contributed by atoms with van der Waals surface area (Å²) >= 11 is 0. The fraction of sp³-hybridized carbons (Fsp3) is 0.205. The zero-order valence-corrected chi connectivity index (χ0v) is 27.2. The van der Waals surface area contributed by atoms with Gasteiger partial charge in [-0.3, -0.25) is 4.57 Å². The molecule has 0 spiro atoms. The highest BCUT2D eigenvalue weighted by molar-refractivity contribution is 6.86. The van der Waals surface area contributed by atoms with Crippen molar-refractivity contribution >= 4 is 24.5 Å². The number of benzene rings is 5. The number of nitrogens with zero attached hydrogens (tertiary/aromatic N) is 2. The second-order valence-corrected chi connectivity index (χ2v) is 16.7. The van der Waals surface area contributed by atoms with Crippen molar-refractivity contribution in [2.24, 2.45) is 0 Å². The summed E-state index contributed by atoms with van der Waals surface area (Å²) in [7, 11) is -2.47. The van der Waals surface area contributed by atoms with Gasteiger partial charge in [0.25, 0.3) is 8.32 Å². The minimum atomic E-state index is -2.47. The second kappa shape index (κ2) is 10.6. The maximum atomic E-state index is 14.4. The van der Waals surface area contributed by atoms with E-state index in [2.05, 4.69) is 124 Å². The third kappa shape index (κ3) is 4.58. The smallest absolute Gasteiger partial charge is 0.277 e. The molecule has 44 heavy (non-hydrogen) atoms. The lowest BCUT2D eigenvalue weighted by Crippen LogP contribution is -2.51. The molecule has 0 aliphatic carbocycles. The SMILES string of the molecule is CC(C)c1cc(-c2ccccc2)cc(C(C)C)c1-n1c(-c2cccc3c2O[Si](C)(C)c2cc(F)ccc2-3)nc2ccccc21. The molecular formula is C39H37FN2OSi. The molecule has 0 radical (unpaired) electrons. The summed E-state index contributed by atoms with van der Waals surface area (Å²) in [5, 5.41) is 0.983. The molecule has 0 bridgehead atoms. The van der Waals surface area contributed by atoms with Crippen molar-refractivity contribution in [2.75, 3.05) is 0 Å². The van der Waals surface area contributed by atoms with E-state index in [1.165, 1.54) is 27.9 Å². The molecule has 3 nitrogen and oxygen atoms in total. The third-order valence-electron chi connectivity index (χ3n) is 8.84. The zero-order valence-electron chi connectivity index (χ0n) is 26.2. The van der Waals surface area contributed by atoms with Gasteiger partial charge in [0.1, 0.15) is 17.4 Å². The van der Waals surface area contributed by atoms with E-state index in [9.17, 15) is 4.39 Å². The molecule has 0 amide bonds. The Hall–Kier alpha value is -4.48. The van der Waals surface area contributed by atoms with Crippen LogP contribution in [-0.4, -0.2) is 17.9 Å². The number of imidazole rings is 1. The summed E-state index contributed by atoms with van der Waals surface area (Å²) < 4.78 is 23.7. The average molecular weight is 597 g/mol. The van der Waals surface area contributed by atoms with Crippen LogP contribution in [0.15, 0.2) is 103 Å². The van der Waals surface area contributed by atoms with E-state index in [0.29, 0.717) is 0 Å². The van der Waals surface area contributed by atoms with Crippen LogP contribution in [0.5, 0.6) is 5.75 Å². The highest BCUT2D eigenvalue weighted by atomic mass is 28.4. The van der Waals surface area contributed by atoms with E-state index >= 15 is 0 Å². The number of hydrogen-bond donors (Lipinski definition) is 0. The van der Waals surface area contributed by atoms with Crippen LogP contribution in [0.2, 0.25) is 13.1 Å². The summed E-state index contributed by atoms with van der Waals surface area (Å²) in [6, 6.07) is 35.1. The molecule has 0 fully saturated rings. The van der Waals surface area contributed by atoms with Gasteiger partial charge in [0.05, 0.1) is 22.3 Å². The zero-order chi connectivity index (χ0) is 30.7.